The lowest BCUT2D eigenvalue weighted by Crippen LogP contribution is -2.52. The third kappa shape index (κ3) is 15.9. The number of aromatic nitrogens is 13. The normalized spacial score (nSPS) is 24.1. The molecular weight excluding hydrogens is 1780 g/mol. The van der Waals surface area contributed by atoms with Crippen molar-refractivity contribution in [2.45, 2.75) is 167 Å². The van der Waals surface area contributed by atoms with Crippen LogP contribution in [0, 0.1) is 90.6 Å². The lowest BCUT2D eigenvalue weighted by Gasteiger charge is -2.52. The Balaban J connectivity index is 0.000000116. The van der Waals surface area contributed by atoms with Gasteiger partial charge in [-0.3, -0.25) is 15.0 Å². The second kappa shape index (κ2) is 36.7. The lowest BCUT2D eigenvalue weighted by atomic mass is 9.51. The monoisotopic (exact) mass is 1880 g/mol. The van der Waals surface area contributed by atoms with Crippen molar-refractivity contribution in [2.75, 3.05) is 0 Å². The predicted octanol–water partition coefficient (Wildman–Crippen LogP) is 24.5. The average molecular weight is 1880 g/mol. The van der Waals surface area contributed by atoms with Crippen LogP contribution in [0.15, 0.2) is 254 Å². The fourth-order valence-electron chi connectivity index (χ4n) is 24.3. The Bertz CT molecular complexity index is 8040. The third-order valence-corrected chi connectivity index (χ3v) is 31.3. The molecule has 9 aliphatic rings. The minimum absolute atomic E-state index is 0.0252. The Morgan fingerprint density at radius 1 is 0.394 bits per heavy atom. The molecule has 25 heteroatoms. The summed E-state index contributed by atoms with van der Waals surface area (Å²) in [4.78, 5) is 128. The Labute approximate surface area is 819 Å². The Morgan fingerprint density at radius 3 is 1.23 bits per heavy atom. The van der Waals surface area contributed by atoms with E-state index in [4.69, 9.17) is 66.2 Å². The maximum absolute atomic E-state index is 15.3. The fourth-order valence-corrected chi connectivity index (χ4v) is 24.3. The number of carbonyl (C=O) groups excluding carboxylic acids is 4. The number of fused-ring (bicyclic) bond motifs is 15. The molecular formula is C117H97F4N17O4. The van der Waals surface area contributed by atoms with Crippen LogP contribution in [0.1, 0.15) is 170 Å². The van der Waals surface area contributed by atoms with Crippen molar-refractivity contribution in [3.05, 3.63) is 374 Å². The first-order valence-electron chi connectivity index (χ1n) is 48.0. The second-order valence-corrected chi connectivity index (χ2v) is 39.9. The molecule has 6 aromatic carbocycles. The van der Waals surface area contributed by atoms with Crippen molar-refractivity contribution < 1.29 is 36.7 Å². The first kappa shape index (κ1) is 93.6. The number of halogens is 4. The van der Waals surface area contributed by atoms with E-state index in [0.29, 0.717) is 113 Å². The van der Waals surface area contributed by atoms with E-state index < -0.39 is 39.6 Å². The number of para-hydroxylation sites is 3. The summed E-state index contributed by atoms with van der Waals surface area (Å²) in [5.41, 5.74) is 14.6. The van der Waals surface area contributed by atoms with Gasteiger partial charge in [-0.25, -0.2) is 86.8 Å². The minimum atomic E-state index is -0.806. The zero-order chi connectivity index (χ0) is 99.3. The molecule has 0 saturated heterocycles. The first-order chi connectivity index (χ1) is 68.5. The van der Waals surface area contributed by atoms with E-state index in [1.54, 1.807) is 85.1 Å². The summed E-state index contributed by atoms with van der Waals surface area (Å²) < 4.78 is 58.7. The number of allylic oxidation sites excluding steroid dienone is 9. The summed E-state index contributed by atoms with van der Waals surface area (Å²) >= 11 is 0. The van der Waals surface area contributed by atoms with Crippen molar-refractivity contribution in [1.82, 2.24) is 64.8 Å². The maximum Gasteiger partial charge on any atom is 0.226 e. The van der Waals surface area contributed by atoms with E-state index in [-0.39, 0.29) is 105 Å². The molecule has 142 heavy (non-hydrogen) atoms. The van der Waals surface area contributed by atoms with Gasteiger partial charge in [0.2, 0.25) is 22.8 Å². The van der Waals surface area contributed by atoms with Crippen molar-refractivity contribution in [2.24, 2.45) is 46.8 Å². The molecule has 14 aromatic rings. The Hall–Kier alpha value is -16.0. The number of hydrogen-bond acceptors (Lipinski definition) is 17. The van der Waals surface area contributed by atoms with Crippen molar-refractivity contribution in [3.63, 3.8) is 0 Å². The van der Waals surface area contributed by atoms with Gasteiger partial charge in [0.25, 0.3) is 0 Å². The molecule has 12 atom stereocenters. The number of nitrogens with zero attached hydrogens (tertiary/aromatic N) is 17. The Morgan fingerprint density at radius 2 is 0.775 bits per heavy atom. The molecule has 1 fully saturated rings. The first-order valence-corrected chi connectivity index (χ1v) is 48.0. The van der Waals surface area contributed by atoms with Crippen LogP contribution in [0.25, 0.3) is 132 Å². The van der Waals surface area contributed by atoms with Crippen LogP contribution in [0.3, 0.4) is 0 Å². The number of Topliss-reactive ketones (excluding diaryl/α,β-unsaturated/α-hetero) is 4. The summed E-state index contributed by atoms with van der Waals surface area (Å²) in [6.07, 6.45) is 22.3. The molecule has 0 unspecified atom stereocenters. The van der Waals surface area contributed by atoms with Gasteiger partial charge in [0.1, 0.15) is 36.1 Å². The summed E-state index contributed by atoms with van der Waals surface area (Å²) in [7, 11) is 0. The highest BCUT2D eigenvalue weighted by Crippen LogP contribution is 2.60. The molecule has 0 N–H and O–H groups in total. The number of benzene rings is 6. The zero-order valence-corrected chi connectivity index (χ0v) is 79.8. The van der Waals surface area contributed by atoms with Crippen LogP contribution in [0.4, 0.5) is 17.6 Å². The largest absolute Gasteiger partial charge is 0.308 e. The van der Waals surface area contributed by atoms with Crippen molar-refractivity contribution in [1.29, 1.82) is 0 Å². The van der Waals surface area contributed by atoms with E-state index in [9.17, 15) is 28.0 Å². The van der Waals surface area contributed by atoms with Gasteiger partial charge in [-0.2, -0.15) is 0 Å². The molecule has 0 spiro atoms. The maximum atomic E-state index is 15.3. The van der Waals surface area contributed by atoms with Crippen LogP contribution in [-0.2, 0) is 73.2 Å². The number of alkyl halides is 1. The van der Waals surface area contributed by atoms with Gasteiger partial charge in [0.05, 0.1) is 94.1 Å². The molecule has 8 aromatic heterocycles. The number of carbonyl (C=O) groups is 4. The van der Waals surface area contributed by atoms with E-state index in [1.165, 1.54) is 42.0 Å². The lowest BCUT2D eigenvalue weighted by molar-refractivity contribution is -0.130. The molecule has 0 aliphatic heterocycles. The molecule has 702 valence electrons. The highest BCUT2D eigenvalue weighted by Gasteiger charge is 2.59. The van der Waals surface area contributed by atoms with Gasteiger partial charge in [-0.05, 0) is 186 Å². The molecule has 23 rings (SSSR count). The van der Waals surface area contributed by atoms with Crippen molar-refractivity contribution in [3.8, 4) is 79.5 Å². The molecule has 21 nitrogen and oxygen atoms in total. The second-order valence-electron chi connectivity index (χ2n) is 39.9. The van der Waals surface area contributed by atoms with Gasteiger partial charge in [-0.1, -0.05) is 176 Å². The van der Waals surface area contributed by atoms with Crippen LogP contribution in [0.2, 0.25) is 0 Å². The van der Waals surface area contributed by atoms with Gasteiger partial charge >= 0.3 is 0 Å². The van der Waals surface area contributed by atoms with E-state index in [1.807, 2.05) is 146 Å². The Kier molecular flexibility index (Phi) is 24.2. The average Bonchev–Trinajstić information content (AvgIpc) is 0.877. The molecule has 0 bridgehead atoms. The topological polar surface area (TPSA) is 253 Å². The zero-order valence-electron chi connectivity index (χ0n) is 79.8. The molecule has 0 radical (unpaired) electrons. The minimum Gasteiger partial charge on any atom is -0.308 e. The number of pyridine rings is 3. The molecule has 0 amide bonds. The summed E-state index contributed by atoms with van der Waals surface area (Å²) in [5.74, 6) is -0.0277. The van der Waals surface area contributed by atoms with Crippen molar-refractivity contribution >= 4 is 55.8 Å². The third-order valence-electron chi connectivity index (χ3n) is 31.3. The molecule has 1 saturated carbocycles. The number of rotatable bonds is 11. The highest BCUT2D eigenvalue weighted by atomic mass is 19.1. The summed E-state index contributed by atoms with van der Waals surface area (Å²) in [6, 6.07) is 50.4. The SMILES string of the molecule is [C-]#[N+]C1=C[C@@]2(C)c3nc(-c4ccnc(CF)c4)nc(-c4ccccc4F)c3CC[C@@H]2[C@@H](C)C1=O.[C-]#[N+]C1=C[C@@]2(C)c3nc(-c4ccnc5ccccc45)nc(-c4ccccc4F)c3CC[C@@H]2[C@@](C)(CC(=C)C)C1=O.[C-]#[N+]C1=C[C@@]2(C)c3nc(-c4ccnc5ccccc45)nc(C4CC4)c3CC[C@@H]2[C@@H](C)C1=O.[C-]#[N+]C1=C[C@@]2(C)c3nc(-c4ncnc5ccccc45)nc(-c4ccccc4F)c3CC[C@@H]2[C@@H](C)C1=O. The van der Waals surface area contributed by atoms with E-state index in [0.717, 1.165) is 121 Å². The standard InChI is InChI=1S/C34H29FN4O.C29H22FN5O.C27H22F2N4O.C27H24N4O/c1-20(2)18-34(4)28-15-14-24-29(23-11-6-8-12-25(23)35)38-32(22-16-17-37-26-13-9-7-10-21(22)26)39-30(24)33(28,3)19-27(36-5)31(34)40;1-16-20-13-12-19-24(17-8-4-6-10-21(17)30)34-28(25-18-9-5-7-11-22(18)32-15-33-25)35-27(19)29(20,2)14-23(31-3)26(16)36;1-15-20-9-8-19-23(18-6-4-5-7-21(18)29)32-26(16-10-11-31-17(12-16)14-28)33-25(19)27(20,2)13-22(30-3)24(15)34;1-15-20-11-10-19-23(16-8-9-16)30-26(18-12-13-29-21-7-5-4-6-17(18)21)31-25(19)27(20,2)14-22(28-3)24(15)32/h6-13,16-17,19,28H,1,14-15,18H2,2-4H3;4-11,14-16,20H,12-13H2,1-2H3;4-7,10-13,15,20H,8-9,14H2,1-2H3;4-7,12-16,20H,8-11H2,1-2H3/t28-,33+,34+;16-,20-,29-;2*15-,20-,27-/m0111/s1. The van der Waals surface area contributed by atoms with E-state index >= 15 is 8.78 Å². The smallest absolute Gasteiger partial charge is 0.226 e. The van der Waals surface area contributed by atoms with E-state index in [2.05, 4.69) is 70.8 Å². The van der Waals surface area contributed by atoms with Crippen LogP contribution in [-0.4, -0.2) is 87.9 Å². The van der Waals surface area contributed by atoms with Gasteiger partial charge in [0, 0.05) is 136 Å². The predicted molar refractivity (Wildman–Crippen MR) is 535 cm³/mol. The quantitative estimate of drug-likeness (QED) is 0.0662. The number of hydrogen-bond donors (Lipinski definition) is 0. The molecule has 8 heterocycles. The summed E-state index contributed by atoms with van der Waals surface area (Å²) in [6.45, 7) is 51.8. The van der Waals surface area contributed by atoms with Crippen LogP contribution >= 0.6 is 0 Å². The van der Waals surface area contributed by atoms with Gasteiger partial charge < -0.3 is 19.2 Å². The van der Waals surface area contributed by atoms with Crippen LogP contribution in [0.5, 0.6) is 0 Å². The fraction of sp³-hybridized carbons (Fsp3) is 0.291. The molecule has 9 aliphatic carbocycles. The van der Waals surface area contributed by atoms with Crippen LogP contribution < -0.4 is 0 Å². The highest BCUT2D eigenvalue weighted by molar-refractivity contribution is 6.05. The number of ketones is 4. The summed E-state index contributed by atoms with van der Waals surface area (Å²) in [5, 5.41) is 2.73. The van der Waals surface area contributed by atoms with Gasteiger partial charge in [-0.15, -0.1) is 6.58 Å². The van der Waals surface area contributed by atoms with Gasteiger partial charge in [0.15, 0.2) is 46.4 Å².